The van der Waals surface area contributed by atoms with Crippen molar-refractivity contribution in [1.82, 2.24) is 19.4 Å². The predicted molar refractivity (Wildman–Crippen MR) is 138 cm³/mol. The number of carboxylic acid groups (broad SMARTS) is 2. The molecule has 0 unspecified atom stereocenters. The Hall–Kier alpha value is -3.50. The van der Waals surface area contributed by atoms with Crippen LogP contribution in [0.25, 0.3) is 11.3 Å². The number of carboxylic acids is 2. The van der Waals surface area contributed by atoms with Crippen LogP contribution in [0.2, 0.25) is 0 Å². The molecule has 5 rings (SSSR count). The zero-order valence-corrected chi connectivity index (χ0v) is 22.9. The number of likely N-dealkylation sites (tertiary alicyclic amines) is 1. The van der Waals surface area contributed by atoms with Gasteiger partial charge in [0.1, 0.15) is 11.6 Å². The first kappa shape index (κ1) is 33.0. The van der Waals surface area contributed by atoms with Crippen LogP contribution in [0.4, 0.5) is 30.7 Å². The topological polar surface area (TPSA) is 98.9 Å². The lowest BCUT2D eigenvalue weighted by Crippen LogP contribution is -2.56. The summed E-state index contributed by atoms with van der Waals surface area (Å²) in [4.78, 5) is 29.1. The summed E-state index contributed by atoms with van der Waals surface area (Å²) in [7, 11) is 2.23. The summed E-state index contributed by atoms with van der Waals surface area (Å²) >= 11 is 1.84. The van der Waals surface area contributed by atoms with Gasteiger partial charge in [-0.2, -0.15) is 26.3 Å². The Morgan fingerprint density at radius 2 is 1.55 bits per heavy atom. The highest BCUT2D eigenvalue weighted by molar-refractivity contribution is 7.09. The quantitative estimate of drug-likeness (QED) is 0.374. The van der Waals surface area contributed by atoms with E-state index in [1.807, 2.05) is 23.6 Å². The van der Waals surface area contributed by atoms with Gasteiger partial charge in [-0.15, -0.1) is 11.3 Å². The Labute approximate surface area is 239 Å². The van der Waals surface area contributed by atoms with Gasteiger partial charge in [-0.05, 0) is 43.5 Å². The van der Waals surface area contributed by atoms with Crippen LogP contribution in [0.1, 0.15) is 23.5 Å². The van der Waals surface area contributed by atoms with E-state index in [2.05, 4.69) is 38.9 Å². The molecule has 3 aromatic rings. The van der Waals surface area contributed by atoms with E-state index in [0.29, 0.717) is 0 Å². The summed E-state index contributed by atoms with van der Waals surface area (Å²) in [6.07, 6.45) is -6.08. The number of piperidine rings is 1. The van der Waals surface area contributed by atoms with Crippen LogP contribution in [0.15, 0.2) is 48.0 Å². The number of halogens is 7. The van der Waals surface area contributed by atoms with Gasteiger partial charge in [0.2, 0.25) is 0 Å². The molecule has 0 aliphatic carbocycles. The second kappa shape index (κ2) is 13.2. The van der Waals surface area contributed by atoms with Crippen LogP contribution in [-0.4, -0.2) is 80.5 Å². The zero-order valence-electron chi connectivity index (χ0n) is 22.1. The number of carbonyl (C=O) groups is 2. The van der Waals surface area contributed by atoms with Crippen molar-refractivity contribution in [2.24, 2.45) is 0 Å². The minimum atomic E-state index is -5.08. The van der Waals surface area contributed by atoms with Crippen LogP contribution >= 0.6 is 11.3 Å². The number of likely N-dealkylation sites (N-methyl/N-ethyl adjacent to an activating group) is 1. The maximum atomic E-state index is 13.8. The fourth-order valence-electron chi connectivity index (χ4n) is 4.80. The van der Waals surface area contributed by atoms with Gasteiger partial charge < -0.3 is 14.8 Å². The van der Waals surface area contributed by atoms with Gasteiger partial charge in [-0.25, -0.2) is 19.0 Å². The van der Waals surface area contributed by atoms with Crippen molar-refractivity contribution in [3.63, 3.8) is 0 Å². The second-order valence-electron chi connectivity index (χ2n) is 9.54. The lowest BCUT2D eigenvalue weighted by atomic mass is 9.83. The fourth-order valence-corrected chi connectivity index (χ4v) is 5.54. The molecule has 1 saturated heterocycles. The normalized spacial score (nSPS) is 17.0. The molecule has 8 nitrogen and oxygen atoms in total. The molecule has 1 spiro atoms. The molecule has 4 heterocycles. The van der Waals surface area contributed by atoms with Gasteiger partial charge in [-0.1, -0.05) is 18.2 Å². The number of hydrogen-bond acceptors (Lipinski definition) is 6. The van der Waals surface area contributed by atoms with Gasteiger partial charge in [0.05, 0.1) is 17.4 Å². The predicted octanol–water partition coefficient (Wildman–Crippen LogP) is 5.45. The Morgan fingerprint density at radius 3 is 2.05 bits per heavy atom. The number of rotatable bonds is 3. The molecule has 230 valence electrons. The van der Waals surface area contributed by atoms with Crippen molar-refractivity contribution >= 4 is 23.3 Å². The van der Waals surface area contributed by atoms with E-state index in [0.717, 1.165) is 62.6 Å². The molecule has 42 heavy (non-hydrogen) atoms. The van der Waals surface area contributed by atoms with Crippen LogP contribution in [0.5, 0.6) is 0 Å². The van der Waals surface area contributed by atoms with Crippen LogP contribution < -0.4 is 0 Å². The van der Waals surface area contributed by atoms with E-state index in [1.165, 1.54) is 10.9 Å². The lowest BCUT2D eigenvalue weighted by molar-refractivity contribution is -0.193. The second-order valence-corrected chi connectivity index (χ2v) is 10.6. The minimum absolute atomic E-state index is 0.0181. The molecule has 0 amide bonds. The Balaban J connectivity index is 0.000000289. The van der Waals surface area contributed by atoms with Gasteiger partial charge in [0, 0.05) is 43.2 Å². The number of aromatic nitrogens is 2. The molecule has 0 bridgehead atoms. The molecule has 2 N–H and O–H groups in total. The highest BCUT2D eigenvalue weighted by atomic mass is 32.1. The fraction of sp³-hybridized carbons (Fsp3) is 0.423. The van der Waals surface area contributed by atoms with Crippen LogP contribution in [-0.2, 0) is 28.2 Å². The Kier molecular flexibility index (Phi) is 10.4. The molecule has 0 radical (unpaired) electrons. The molecule has 2 aromatic heterocycles. The number of thiophene rings is 1. The zero-order chi connectivity index (χ0) is 31.3. The molecule has 0 saturated carbocycles. The van der Waals surface area contributed by atoms with Crippen molar-refractivity contribution in [3.8, 4) is 11.3 Å². The van der Waals surface area contributed by atoms with Gasteiger partial charge in [0.15, 0.2) is 0 Å². The van der Waals surface area contributed by atoms with Gasteiger partial charge in [-0.3, -0.25) is 9.80 Å². The summed E-state index contributed by atoms with van der Waals surface area (Å²) in [5.74, 6) is -4.56. The summed E-state index contributed by atoms with van der Waals surface area (Å²) in [5.41, 5.74) is 1.92. The monoisotopic (exact) mass is 624 g/mol. The molecule has 2 aliphatic rings. The molecule has 1 fully saturated rings. The number of hydrogen-bond donors (Lipinski definition) is 2. The van der Waals surface area contributed by atoms with E-state index in [1.54, 1.807) is 12.1 Å². The summed E-state index contributed by atoms with van der Waals surface area (Å²) in [6, 6.07) is 11.2. The molecule has 16 heteroatoms. The SMILES string of the molecule is CN1CCn2c(-c3cccc(F)c3)cnc2C12CCN(Cc1cccs1)CC2.O=C(O)C(F)(F)F.O=C(O)C(F)(F)F. The molecule has 1 aromatic carbocycles. The highest BCUT2D eigenvalue weighted by Gasteiger charge is 2.45. The lowest BCUT2D eigenvalue weighted by Gasteiger charge is -2.49. The van der Waals surface area contributed by atoms with Gasteiger partial charge >= 0.3 is 24.3 Å². The summed E-state index contributed by atoms with van der Waals surface area (Å²) < 4.78 is 79.6. The number of aliphatic carboxylic acids is 2. The maximum absolute atomic E-state index is 13.8. The van der Waals surface area contributed by atoms with Crippen LogP contribution in [0.3, 0.4) is 0 Å². The first-order valence-corrected chi connectivity index (χ1v) is 13.3. The number of benzene rings is 1. The van der Waals surface area contributed by atoms with Crippen molar-refractivity contribution < 1.29 is 50.5 Å². The van der Waals surface area contributed by atoms with Crippen molar-refractivity contribution in [3.05, 3.63) is 64.5 Å². The Bertz CT molecular complexity index is 1330. The average molecular weight is 625 g/mol. The van der Waals surface area contributed by atoms with Gasteiger partial charge in [0.25, 0.3) is 0 Å². The molecule has 0 atom stereocenters. The van der Waals surface area contributed by atoms with Crippen molar-refractivity contribution in [1.29, 1.82) is 0 Å². The maximum Gasteiger partial charge on any atom is 0.490 e. The molecular weight excluding hydrogens is 597 g/mol. The molecular formula is C26H27F7N4O4S. The van der Waals surface area contributed by atoms with Crippen LogP contribution in [0, 0.1) is 5.82 Å². The van der Waals surface area contributed by atoms with Crippen molar-refractivity contribution in [2.45, 2.75) is 43.8 Å². The standard InChI is InChI=1S/C22H25FN4S.2C2HF3O2/c1-25-11-12-27-20(17-4-2-5-18(23)14-17)15-24-21(27)22(25)7-9-26(10-8-22)16-19-6-3-13-28-19;2*3-2(4,5)1(6)7/h2-6,13-15H,7-12,16H2,1H3;2*(H,6,7). The number of fused-ring (bicyclic) bond motifs is 2. The van der Waals surface area contributed by atoms with Crippen molar-refractivity contribution in [2.75, 3.05) is 26.7 Å². The third-order valence-corrected chi connectivity index (χ3v) is 7.77. The number of nitrogens with zero attached hydrogens (tertiary/aromatic N) is 4. The summed E-state index contributed by atoms with van der Waals surface area (Å²) in [5, 5.41) is 16.4. The average Bonchev–Trinajstić information content (AvgIpc) is 3.58. The third kappa shape index (κ3) is 8.07. The first-order chi connectivity index (χ1) is 19.5. The summed E-state index contributed by atoms with van der Waals surface area (Å²) in [6.45, 7) is 5.09. The first-order valence-electron chi connectivity index (χ1n) is 12.4. The number of imidazole rings is 1. The van der Waals surface area contributed by atoms with E-state index in [9.17, 15) is 30.7 Å². The number of alkyl halides is 6. The largest absolute Gasteiger partial charge is 0.490 e. The Morgan fingerprint density at radius 1 is 0.952 bits per heavy atom. The van der Waals surface area contributed by atoms with E-state index in [4.69, 9.17) is 24.8 Å². The van der Waals surface area contributed by atoms with E-state index >= 15 is 0 Å². The smallest absolute Gasteiger partial charge is 0.475 e. The molecule has 2 aliphatic heterocycles. The third-order valence-electron chi connectivity index (χ3n) is 6.91. The van der Waals surface area contributed by atoms with E-state index in [-0.39, 0.29) is 11.4 Å². The highest BCUT2D eigenvalue weighted by Crippen LogP contribution is 2.41. The van der Waals surface area contributed by atoms with E-state index < -0.39 is 24.3 Å². The minimum Gasteiger partial charge on any atom is -0.475 e.